The molecular formula is C16H18FN. The highest BCUT2D eigenvalue weighted by atomic mass is 19.1. The van der Waals surface area contributed by atoms with Crippen LogP contribution in [0.25, 0.3) is 0 Å². The van der Waals surface area contributed by atoms with Gasteiger partial charge in [-0.2, -0.15) is 0 Å². The highest BCUT2D eigenvalue weighted by Gasteiger charge is 2.04. The van der Waals surface area contributed by atoms with Gasteiger partial charge in [-0.25, -0.2) is 4.39 Å². The first kappa shape index (κ1) is 12.6. The van der Waals surface area contributed by atoms with Crippen LogP contribution in [0.3, 0.4) is 0 Å². The van der Waals surface area contributed by atoms with E-state index in [1.54, 1.807) is 13.8 Å². The Balaban J connectivity index is 2.34. The Morgan fingerprint density at radius 2 is 1.17 bits per heavy atom. The van der Waals surface area contributed by atoms with Crippen molar-refractivity contribution in [3.8, 4) is 0 Å². The molecule has 0 radical (unpaired) electrons. The second-order valence-electron chi connectivity index (χ2n) is 4.93. The van der Waals surface area contributed by atoms with Gasteiger partial charge in [0.2, 0.25) is 0 Å². The lowest BCUT2D eigenvalue weighted by Crippen LogP contribution is -1.95. The molecule has 2 aromatic rings. The van der Waals surface area contributed by atoms with Gasteiger partial charge < -0.3 is 5.32 Å². The summed E-state index contributed by atoms with van der Waals surface area (Å²) in [5.74, 6) is -0.124. The number of nitrogens with one attached hydrogen (secondary N) is 1. The van der Waals surface area contributed by atoms with Crippen molar-refractivity contribution in [2.24, 2.45) is 0 Å². The highest BCUT2D eigenvalue weighted by molar-refractivity contribution is 5.62. The van der Waals surface area contributed by atoms with E-state index in [1.165, 1.54) is 11.1 Å². The minimum atomic E-state index is -0.124. The first-order valence-corrected chi connectivity index (χ1v) is 6.08. The topological polar surface area (TPSA) is 12.0 Å². The summed E-state index contributed by atoms with van der Waals surface area (Å²) < 4.78 is 13.5. The maximum atomic E-state index is 13.5. The maximum Gasteiger partial charge on any atom is 0.129 e. The van der Waals surface area contributed by atoms with E-state index in [4.69, 9.17) is 0 Å². The van der Waals surface area contributed by atoms with Gasteiger partial charge in [-0.05, 0) is 74.2 Å². The predicted molar refractivity (Wildman–Crippen MR) is 75.1 cm³/mol. The number of anilines is 2. The fourth-order valence-corrected chi connectivity index (χ4v) is 2.23. The van der Waals surface area contributed by atoms with E-state index in [0.717, 1.165) is 11.4 Å². The molecule has 2 rings (SSSR count). The van der Waals surface area contributed by atoms with Gasteiger partial charge in [-0.15, -0.1) is 0 Å². The molecule has 0 atom stereocenters. The average molecular weight is 243 g/mol. The molecule has 0 aromatic heterocycles. The number of halogens is 1. The summed E-state index contributed by atoms with van der Waals surface area (Å²) in [5, 5.41) is 3.33. The smallest absolute Gasteiger partial charge is 0.129 e. The summed E-state index contributed by atoms with van der Waals surface area (Å²) in [5.41, 5.74) is 5.74. The molecule has 0 unspecified atom stereocenters. The largest absolute Gasteiger partial charge is 0.355 e. The second kappa shape index (κ2) is 4.81. The molecule has 0 aliphatic heterocycles. The lowest BCUT2D eigenvalue weighted by molar-refractivity contribution is 0.609. The molecule has 0 saturated carbocycles. The number of rotatable bonds is 2. The van der Waals surface area contributed by atoms with Crippen LogP contribution in [0.1, 0.15) is 22.3 Å². The van der Waals surface area contributed by atoms with Crippen molar-refractivity contribution in [1.29, 1.82) is 0 Å². The van der Waals surface area contributed by atoms with Crippen molar-refractivity contribution >= 4 is 11.4 Å². The van der Waals surface area contributed by atoms with Crippen LogP contribution < -0.4 is 5.32 Å². The molecule has 2 heteroatoms. The van der Waals surface area contributed by atoms with Crippen molar-refractivity contribution in [3.63, 3.8) is 0 Å². The first-order valence-electron chi connectivity index (χ1n) is 6.08. The Morgan fingerprint density at radius 1 is 0.722 bits per heavy atom. The Bertz CT molecular complexity index is 544. The highest BCUT2D eigenvalue weighted by Crippen LogP contribution is 2.23. The van der Waals surface area contributed by atoms with Crippen molar-refractivity contribution in [2.75, 3.05) is 5.32 Å². The van der Waals surface area contributed by atoms with Gasteiger partial charge in [0.15, 0.2) is 0 Å². The van der Waals surface area contributed by atoms with E-state index in [2.05, 4.69) is 37.4 Å². The number of hydrogen-bond donors (Lipinski definition) is 1. The van der Waals surface area contributed by atoms with Crippen LogP contribution in [-0.4, -0.2) is 0 Å². The van der Waals surface area contributed by atoms with Gasteiger partial charge in [0, 0.05) is 11.4 Å². The van der Waals surface area contributed by atoms with Gasteiger partial charge in [0.05, 0.1) is 0 Å². The summed E-state index contributed by atoms with van der Waals surface area (Å²) in [6, 6.07) is 9.97. The molecule has 18 heavy (non-hydrogen) atoms. The van der Waals surface area contributed by atoms with Crippen molar-refractivity contribution in [1.82, 2.24) is 0 Å². The molecule has 2 aromatic carbocycles. The zero-order valence-electron chi connectivity index (χ0n) is 11.3. The van der Waals surface area contributed by atoms with E-state index in [-0.39, 0.29) is 5.82 Å². The zero-order chi connectivity index (χ0) is 13.3. The monoisotopic (exact) mass is 243 g/mol. The quantitative estimate of drug-likeness (QED) is 0.798. The summed E-state index contributed by atoms with van der Waals surface area (Å²) >= 11 is 0. The Morgan fingerprint density at radius 3 is 1.67 bits per heavy atom. The second-order valence-corrected chi connectivity index (χ2v) is 4.93. The van der Waals surface area contributed by atoms with E-state index >= 15 is 0 Å². The number of benzene rings is 2. The standard InChI is InChI=1S/C16H18FN/c1-10-5-11(2)7-14(6-10)18-15-8-12(3)16(17)13(4)9-15/h5-9,18H,1-4H3. The van der Waals surface area contributed by atoms with Crippen molar-refractivity contribution in [3.05, 3.63) is 58.4 Å². The lowest BCUT2D eigenvalue weighted by Gasteiger charge is -2.11. The zero-order valence-corrected chi connectivity index (χ0v) is 11.3. The van der Waals surface area contributed by atoms with E-state index < -0.39 is 0 Å². The Labute approximate surface area is 108 Å². The summed E-state index contributed by atoms with van der Waals surface area (Å²) in [6.45, 7) is 7.71. The minimum Gasteiger partial charge on any atom is -0.355 e. The molecule has 0 amide bonds. The van der Waals surface area contributed by atoms with E-state index in [9.17, 15) is 4.39 Å². The van der Waals surface area contributed by atoms with Crippen LogP contribution in [0.2, 0.25) is 0 Å². The molecule has 0 spiro atoms. The molecule has 0 heterocycles. The molecule has 1 N–H and O–H groups in total. The lowest BCUT2D eigenvalue weighted by atomic mass is 10.1. The third-order valence-electron chi connectivity index (χ3n) is 2.95. The summed E-state index contributed by atoms with van der Waals surface area (Å²) in [7, 11) is 0. The van der Waals surface area contributed by atoms with E-state index in [0.29, 0.717) is 11.1 Å². The van der Waals surface area contributed by atoms with Crippen LogP contribution in [-0.2, 0) is 0 Å². The first-order chi connectivity index (χ1) is 8.45. The van der Waals surface area contributed by atoms with Gasteiger partial charge >= 0.3 is 0 Å². The third kappa shape index (κ3) is 2.70. The van der Waals surface area contributed by atoms with Gasteiger partial charge in [-0.3, -0.25) is 0 Å². The molecular weight excluding hydrogens is 225 g/mol. The van der Waals surface area contributed by atoms with Crippen LogP contribution in [0, 0.1) is 33.5 Å². The maximum absolute atomic E-state index is 13.5. The SMILES string of the molecule is Cc1cc(C)cc(Nc2cc(C)c(F)c(C)c2)c1. The molecule has 0 aliphatic rings. The molecule has 0 fully saturated rings. The third-order valence-corrected chi connectivity index (χ3v) is 2.95. The average Bonchev–Trinajstić information content (AvgIpc) is 2.24. The fourth-order valence-electron chi connectivity index (χ4n) is 2.23. The predicted octanol–water partition coefficient (Wildman–Crippen LogP) is 4.80. The van der Waals surface area contributed by atoms with Gasteiger partial charge in [0.25, 0.3) is 0 Å². The van der Waals surface area contributed by atoms with Crippen molar-refractivity contribution in [2.45, 2.75) is 27.7 Å². The summed E-state index contributed by atoms with van der Waals surface area (Å²) in [6.07, 6.45) is 0. The molecule has 0 bridgehead atoms. The molecule has 94 valence electrons. The normalized spacial score (nSPS) is 10.5. The Hall–Kier alpha value is -1.83. The van der Waals surface area contributed by atoms with Gasteiger partial charge in [-0.1, -0.05) is 6.07 Å². The Kier molecular flexibility index (Phi) is 3.37. The van der Waals surface area contributed by atoms with Crippen LogP contribution >= 0.6 is 0 Å². The number of aryl methyl sites for hydroxylation is 4. The fraction of sp³-hybridized carbons (Fsp3) is 0.250. The van der Waals surface area contributed by atoms with Crippen LogP contribution in [0.5, 0.6) is 0 Å². The summed E-state index contributed by atoms with van der Waals surface area (Å²) in [4.78, 5) is 0. The van der Waals surface area contributed by atoms with Crippen LogP contribution in [0.4, 0.5) is 15.8 Å². The van der Waals surface area contributed by atoms with Crippen molar-refractivity contribution < 1.29 is 4.39 Å². The molecule has 0 aliphatic carbocycles. The minimum absolute atomic E-state index is 0.124. The van der Waals surface area contributed by atoms with E-state index in [1.807, 2.05) is 12.1 Å². The number of hydrogen-bond acceptors (Lipinski definition) is 1. The molecule has 1 nitrogen and oxygen atoms in total. The molecule has 0 saturated heterocycles. The van der Waals surface area contributed by atoms with Gasteiger partial charge in [0.1, 0.15) is 5.82 Å². The van der Waals surface area contributed by atoms with Crippen LogP contribution in [0.15, 0.2) is 30.3 Å².